The van der Waals surface area contributed by atoms with Crippen LogP contribution in [0.4, 0.5) is 10.2 Å². The SMILES string of the molecule is CCCc1cc(F)cc2c1OCCCNC(=O)c1cnn3ccc(nc13)N[C@@H]2C. The second-order valence-corrected chi connectivity index (χ2v) is 7.20. The molecule has 1 amide bonds. The first-order chi connectivity index (χ1) is 14.1. The normalized spacial score (nSPS) is 17.2. The van der Waals surface area contributed by atoms with Crippen molar-refractivity contribution in [2.24, 2.45) is 0 Å². The Morgan fingerprint density at radius 3 is 3.07 bits per heavy atom. The average molecular weight is 397 g/mol. The van der Waals surface area contributed by atoms with Crippen molar-refractivity contribution in [1.29, 1.82) is 0 Å². The fraction of sp³-hybridized carbons (Fsp3) is 0.381. The van der Waals surface area contributed by atoms with Gasteiger partial charge in [0.2, 0.25) is 0 Å². The van der Waals surface area contributed by atoms with Crippen LogP contribution in [0.1, 0.15) is 54.2 Å². The average Bonchev–Trinajstić information content (AvgIpc) is 3.11. The molecule has 2 bridgehead atoms. The molecule has 2 aromatic heterocycles. The number of aryl methyl sites for hydroxylation is 1. The molecule has 0 saturated carbocycles. The van der Waals surface area contributed by atoms with Crippen LogP contribution in [0.25, 0.3) is 5.65 Å². The molecule has 1 atom stereocenters. The Hall–Kier alpha value is -3.16. The van der Waals surface area contributed by atoms with Crippen molar-refractivity contribution in [3.8, 4) is 5.75 Å². The van der Waals surface area contributed by atoms with Gasteiger partial charge in [0.1, 0.15) is 22.9 Å². The molecule has 1 aliphatic rings. The highest BCUT2D eigenvalue weighted by molar-refractivity contribution is 5.99. The molecule has 3 aromatic rings. The molecule has 3 heterocycles. The van der Waals surface area contributed by atoms with Crippen molar-refractivity contribution in [2.75, 3.05) is 18.5 Å². The Labute approximate surface area is 168 Å². The van der Waals surface area contributed by atoms with Gasteiger partial charge >= 0.3 is 0 Å². The van der Waals surface area contributed by atoms with Gasteiger partial charge in [-0.05, 0) is 43.5 Å². The Morgan fingerprint density at radius 1 is 1.38 bits per heavy atom. The maximum absolute atomic E-state index is 14.3. The lowest BCUT2D eigenvalue weighted by atomic mass is 10.00. The third-order valence-electron chi connectivity index (χ3n) is 4.98. The van der Waals surface area contributed by atoms with Gasteiger partial charge < -0.3 is 15.4 Å². The molecule has 1 aromatic carbocycles. The van der Waals surface area contributed by atoms with E-state index in [1.54, 1.807) is 22.8 Å². The quantitative estimate of drug-likeness (QED) is 0.692. The van der Waals surface area contributed by atoms with Crippen LogP contribution in [0.15, 0.2) is 30.6 Å². The predicted octanol–water partition coefficient (Wildman–Crippen LogP) is 3.51. The summed E-state index contributed by atoms with van der Waals surface area (Å²) in [5.41, 5.74) is 2.49. The van der Waals surface area contributed by atoms with E-state index in [0.29, 0.717) is 42.4 Å². The number of rotatable bonds is 2. The maximum atomic E-state index is 14.3. The zero-order valence-electron chi connectivity index (χ0n) is 16.5. The molecule has 8 heteroatoms. The van der Waals surface area contributed by atoms with Crippen molar-refractivity contribution < 1.29 is 13.9 Å². The molecule has 7 nitrogen and oxygen atoms in total. The van der Waals surface area contributed by atoms with Crippen LogP contribution in [-0.2, 0) is 6.42 Å². The van der Waals surface area contributed by atoms with E-state index in [0.717, 1.165) is 24.0 Å². The number of anilines is 1. The van der Waals surface area contributed by atoms with E-state index in [2.05, 4.69) is 27.6 Å². The van der Waals surface area contributed by atoms with E-state index in [-0.39, 0.29) is 17.8 Å². The standard InChI is InChI=1S/C21H24FN5O2/c1-3-5-14-10-15(22)11-16-13(2)25-18-6-8-27-20(26-18)17(12-24-27)21(28)23-7-4-9-29-19(14)16/h6,8,10-13H,3-5,7,9H2,1-2H3,(H,23,28)(H,25,26)/t13-/m1/s1. The summed E-state index contributed by atoms with van der Waals surface area (Å²) in [7, 11) is 0. The Bertz CT molecular complexity index is 1050. The number of carbonyl (C=O) groups is 1. The topological polar surface area (TPSA) is 80.5 Å². The van der Waals surface area contributed by atoms with Crippen LogP contribution in [-0.4, -0.2) is 33.7 Å². The molecule has 0 fully saturated rings. The second kappa shape index (κ2) is 8.06. The molecule has 1 aliphatic heterocycles. The third kappa shape index (κ3) is 3.87. The minimum Gasteiger partial charge on any atom is -0.493 e. The summed E-state index contributed by atoms with van der Waals surface area (Å²) < 4.78 is 22.0. The van der Waals surface area contributed by atoms with E-state index >= 15 is 0 Å². The molecule has 0 radical (unpaired) electrons. The van der Waals surface area contributed by atoms with Gasteiger partial charge in [-0.3, -0.25) is 4.79 Å². The monoisotopic (exact) mass is 397 g/mol. The lowest BCUT2D eigenvalue weighted by Gasteiger charge is -2.22. The van der Waals surface area contributed by atoms with Crippen LogP contribution in [0.2, 0.25) is 0 Å². The van der Waals surface area contributed by atoms with Crippen LogP contribution in [0.5, 0.6) is 5.75 Å². The fourth-order valence-electron chi connectivity index (χ4n) is 3.58. The Morgan fingerprint density at radius 2 is 2.24 bits per heavy atom. The maximum Gasteiger partial charge on any atom is 0.256 e. The van der Waals surface area contributed by atoms with E-state index < -0.39 is 0 Å². The van der Waals surface area contributed by atoms with Crippen LogP contribution >= 0.6 is 0 Å². The lowest BCUT2D eigenvalue weighted by molar-refractivity contribution is 0.0953. The van der Waals surface area contributed by atoms with E-state index in [1.807, 2.05) is 6.92 Å². The summed E-state index contributed by atoms with van der Waals surface area (Å²) >= 11 is 0. The number of benzene rings is 1. The van der Waals surface area contributed by atoms with Crippen molar-refractivity contribution in [2.45, 2.75) is 39.2 Å². The number of nitrogens with zero attached hydrogens (tertiary/aromatic N) is 3. The van der Waals surface area contributed by atoms with Crippen molar-refractivity contribution >= 4 is 17.4 Å². The number of nitrogens with one attached hydrogen (secondary N) is 2. The van der Waals surface area contributed by atoms with Crippen molar-refractivity contribution in [3.05, 3.63) is 53.1 Å². The first-order valence-electron chi connectivity index (χ1n) is 9.91. The first kappa shape index (κ1) is 19.2. The molecule has 4 rings (SSSR count). The number of amides is 1. The zero-order valence-corrected chi connectivity index (χ0v) is 16.5. The number of carbonyl (C=O) groups excluding carboxylic acids is 1. The van der Waals surface area contributed by atoms with E-state index in [4.69, 9.17) is 4.74 Å². The largest absolute Gasteiger partial charge is 0.493 e. The van der Waals surface area contributed by atoms with Gasteiger partial charge in [0, 0.05) is 18.3 Å². The molecular formula is C21H24FN5O2. The second-order valence-electron chi connectivity index (χ2n) is 7.20. The molecule has 2 N–H and O–H groups in total. The van der Waals surface area contributed by atoms with E-state index in [1.165, 1.54) is 12.3 Å². The molecule has 152 valence electrons. The summed E-state index contributed by atoms with van der Waals surface area (Å²) in [6.07, 6.45) is 5.50. The summed E-state index contributed by atoms with van der Waals surface area (Å²) in [4.78, 5) is 17.1. The van der Waals surface area contributed by atoms with Crippen molar-refractivity contribution in [3.63, 3.8) is 0 Å². The highest BCUT2D eigenvalue weighted by Crippen LogP contribution is 2.33. The summed E-state index contributed by atoms with van der Waals surface area (Å²) in [6, 6.07) is 4.59. The number of halogens is 1. The molecule has 29 heavy (non-hydrogen) atoms. The summed E-state index contributed by atoms with van der Waals surface area (Å²) in [5, 5.41) is 10.4. The van der Waals surface area contributed by atoms with Gasteiger partial charge in [0.25, 0.3) is 5.91 Å². The lowest BCUT2D eigenvalue weighted by Crippen LogP contribution is -2.26. The first-order valence-corrected chi connectivity index (χ1v) is 9.91. The predicted molar refractivity (Wildman–Crippen MR) is 108 cm³/mol. The minimum atomic E-state index is -0.278. The molecule has 0 aliphatic carbocycles. The molecule has 0 spiro atoms. The highest BCUT2D eigenvalue weighted by atomic mass is 19.1. The van der Waals surface area contributed by atoms with Crippen LogP contribution < -0.4 is 15.4 Å². The van der Waals surface area contributed by atoms with E-state index in [9.17, 15) is 9.18 Å². The number of hydrogen-bond donors (Lipinski definition) is 2. The van der Waals surface area contributed by atoms with Gasteiger partial charge in [-0.25, -0.2) is 13.9 Å². The minimum absolute atomic E-state index is 0.219. The van der Waals surface area contributed by atoms with Gasteiger partial charge in [-0.2, -0.15) is 5.10 Å². The Kier molecular flexibility index (Phi) is 5.33. The Balaban J connectivity index is 1.78. The number of ether oxygens (including phenoxy) is 1. The number of hydrogen-bond acceptors (Lipinski definition) is 5. The molecule has 0 unspecified atom stereocenters. The van der Waals surface area contributed by atoms with Gasteiger partial charge in [0.15, 0.2) is 5.65 Å². The molecule has 0 saturated heterocycles. The number of fused-ring (bicyclic) bond motifs is 2. The van der Waals surface area contributed by atoms with Crippen LogP contribution in [0, 0.1) is 5.82 Å². The smallest absolute Gasteiger partial charge is 0.256 e. The van der Waals surface area contributed by atoms with Gasteiger partial charge in [0.05, 0.1) is 18.8 Å². The van der Waals surface area contributed by atoms with Crippen LogP contribution in [0.3, 0.4) is 0 Å². The third-order valence-corrected chi connectivity index (χ3v) is 4.98. The van der Waals surface area contributed by atoms with Crippen molar-refractivity contribution in [1.82, 2.24) is 19.9 Å². The highest BCUT2D eigenvalue weighted by Gasteiger charge is 2.20. The van der Waals surface area contributed by atoms with Gasteiger partial charge in [-0.1, -0.05) is 13.3 Å². The summed E-state index contributed by atoms with van der Waals surface area (Å²) in [5.74, 6) is 0.787. The summed E-state index contributed by atoms with van der Waals surface area (Å²) in [6.45, 7) is 4.89. The number of aromatic nitrogens is 3. The fourth-order valence-corrected chi connectivity index (χ4v) is 3.58. The zero-order chi connectivity index (χ0) is 20.4. The van der Waals surface area contributed by atoms with Gasteiger partial charge in [-0.15, -0.1) is 0 Å². The molecular weight excluding hydrogens is 373 g/mol.